The minimum absolute atomic E-state index is 0.0775. The Hall–Kier alpha value is -1.30. The first kappa shape index (κ1) is 16.8. The lowest BCUT2D eigenvalue weighted by Gasteiger charge is -2.29. The molecule has 0 radical (unpaired) electrons. The highest BCUT2D eigenvalue weighted by Crippen LogP contribution is 2.18. The minimum atomic E-state index is -0.962. The normalized spacial score (nSPS) is 21.9. The quantitative estimate of drug-likeness (QED) is 0.769. The molecule has 6 nitrogen and oxygen atoms in total. The van der Waals surface area contributed by atoms with Gasteiger partial charge in [0.05, 0.1) is 0 Å². The van der Waals surface area contributed by atoms with Gasteiger partial charge in [0.25, 0.3) is 0 Å². The van der Waals surface area contributed by atoms with Crippen molar-refractivity contribution in [1.82, 2.24) is 15.1 Å². The van der Waals surface area contributed by atoms with Crippen molar-refractivity contribution in [3.05, 3.63) is 0 Å². The Morgan fingerprint density at radius 1 is 1.45 bits per heavy atom. The smallest absolute Gasteiger partial charge is 0.326 e. The molecule has 116 valence electrons. The molecule has 1 saturated heterocycles. The number of carboxylic acid groups (broad SMARTS) is 1. The number of nitrogens with one attached hydrogen (secondary N) is 1. The highest BCUT2D eigenvalue weighted by Gasteiger charge is 2.32. The van der Waals surface area contributed by atoms with Crippen molar-refractivity contribution < 1.29 is 14.7 Å². The summed E-state index contributed by atoms with van der Waals surface area (Å²) in [7, 11) is 3.96. The van der Waals surface area contributed by atoms with Crippen molar-refractivity contribution in [3.63, 3.8) is 0 Å². The third-order valence-corrected chi connectivity index (χ3v) is 3.97. The number of likely N-dealkylation sites (N-methyl/N-ethyl adjacent to an activating group) is 1. The Bertz CT molecular complexity index is 347. The Kier molecular flexibility index (Phi) is 6.26. The molecule has 0 aromatic rings. The summed E-state index contributed by atoms with van der Waals surface area (Å²) in [4.78, 5) is 27.4. The van der Waals surface area contributed by atoms with Crippen LogP contribution in [0.25, 0.3) is 0 Å². The van der Waals surface area contributed by atoms with Crippen LogP contribution in [0.3, 0.4) is 0 Å². The molecule has 3 atom stereocenters. The maximum absolute atomic E-state index is 12.3. The first-order chi connectivity index (χ1) is 9.36. The molecule has 20 heavy (non-hydrogen) atoms. The van der Waals surface area contributed by atoms with Gasteiger partial charge < -0.3 is 20.2 Å². The molecule has 0 spiro atoms. The monoisotopic (exact) mass is 285 g/mol. The second kappa shape index (κ2) is 7.47. The number of hydrogen-bond donors (Lipinski definition) is 2. The second-order valence-electron chi connectivity index (χ2n) is 5.90. The summed E-state index contributed by atoms with van der Waals surface area (Å²) < 4.78 is 0. The second-order valence-corrected chi connectivity index (χ2v) is 5.90. The summed E-state index contributed by atoms with van der Waals surface area (Å²) in [5.74, 6) is -1.04. The van der Waals surface area contributed by atoms with Crippen LogP contribution in [-0.4, -0.2) is 66.2 Å². The average molecular weight is 285 g/mol. The van der Waals surface area contributed by atoms with Crippen LogP contribution in [0.5, 0.6) is 0 Å². The van der Waals surface area contributed by atoms with Crippen LogP contribution in [0.1, 0.15) is 33.1 Å². The third-order valence-electron chi connectivity index (χ3n) is 3.97. The number of amides is 2. The summed E-state index contributed by atoms with van der Waals surface area (Å²) in [6.45, 7) is 5.30. The molecule has 1 heterocycles. The van der Waals surface area contributed by atoms with Crippen molar-refractivity contribution in [3.8, 4) is 0 Å². The molecule has 6 heteroatoms. The third kappa shape index (κ3) is 4.37. The number of aliphatic carboxylic acids is 1. The van der Waals surface area contributed by atoms with E-state index in [1.807, 2.05) is 27.9 Å². The summed E-state index contributed by atoms with van der Waals surface area (Å²) in [5, 5.41) is 11.9. The number of carboxylic acids is 1. The minimum Gasteiger partial charge on any atom is -0.480 e. The fraction of sp³-hybridized carbons (Fsp3) is 0.857. The van der Waals surface area contributed by atoms with Gasteiger partial charge in [0.15, 0.2) is 0 Å². The molecule has 0 saturated carbocycles. The highest BCUT2D eigenvalue weighted by atomic mass is 16.4. The van der Waals surface area contributed by atoms with Crippen LogP contribution in [0.15, 0.2) is 0 Å². The summed E-state index contributed by atoms with van der Waals surface area (Å²) in [6.07, 6.45) is 2.68. The molecule has 0 bridgehead atoms. The fourth-order valence-corrected chi connectivity index (χ4v) is 2.61. The Balaban J connectivity index is 2.66. The molecule has 2 N–H and O–H groups in total. The zero-order chi connectivity index (χ0) is 15.3. The van der Waals surface area contributed by atoms with Crippen LogP contribution in [0.2, 0.25) is 0 Å². The molecule has 0 aromatic carbocycles. The van der Waals surface area contributed by atoms with Gasteiger partial charge in [-0.2, -0.15) is 0 Å². The van der Waals surface area contributed by atoms with Crippen LogP contribution in [-0.2, 0) is 4.79 Å². The van der Waals surface area contributed by atoms with Crippen molar-refractivity contribution in [1.29, 1.82) is 0 Å². The van der Waals surface area contributed by atoms with E-state index >= 15 is 0 Å². The lowest BCUT2D eigenvalue weighted by atomic mass is 9.99. The first-order valence-corrected chi connectivity index (χ1v) is 7.31. The molecular weight excluding hydrogens is 258 g/mol. The van der Waals surface area contributed by atoms with E-state index in [-0.39, 0.29) is 18.0 Å². The number of hydrogen-bond acceptors (Lipinski definition) is 3. The average Bonchev–Trinajstić information content (AvgIpc) is 2.81. The Morgan fingerprint density at radius 2 is 2.10 bits per heavy atom. The molecule has 1 rings (SSSR count). The van der Waals surface area contributed by atoms with Gasteiger partial charge in [-0.15, -0.1) is 0 Å². The summed E-state index contributed by atoms with van der Waals surface area (Å²) in [5.41, 5.74) is 0. The van der Waals surface area contributed by atoms with E-state index in [1.54, 1.807) is 4.90 Å². The van der Waals surface area contributed by atoms with Crippen LogP contribution in [0, 0.1) is 5.92 Å². The molecule has 0 aliphatic carbocycles. The van der Waals surface area contributed by atoms with E-state index in [2.05, 4.69) is 10.2 Å². The van der Waals surface area contributed by atoms with Gasteiger partial charge in [-0.1, -0.05) is 20.3 Å². The number of rotatable bonds is 6. The van der Waals surface area contributed by atoms with Crippen LogP contribution < -0.4 is 5.32 Å². The molecule has 2 unspecified atom stereocenters. The zero-order valence-electron chi connectivity index (χ0n) is 12.9. The van der Waals surface area contributed by atoms with Gasteiger partial charge in [0, 0.05) is 19.1 Å². The Morgan fingerprint density at radius 3 is 2.60 bits per heavy atom. The molecule has 0 aromatic heterocycles. The first-order valence-electron chi connectivity index (χ1n) is 7.31. The standard InChI is InChI=1S/C14H27N3O3/c1-5-10(2)12(13(18)19)15-14(20)17-8-6-7-11(17)9-16(3)4/h10-12H,5-9H2,1-4H3,(H,15,20)(H,18,19)/t10?,11?,12-/m0/s1. The number of urea groups is 1. The van der Waals surface area contributed by atoms with Crippen molar-refractivity contribution in [2.24, 2.45) is 5.92 Å². The van der Waals surface area contributed by atoms with E-state index in [9.17, 15) is 14.7 Å². The van der Waals surface area contributed by atoms with Gasteiger partial charge in [-0.3, -0.25) is 0 Å². The van der Waals surface area contributed by atoms with E-state index in [1.165, 1.54) is 0 Å². The summed E-state index contributed by atoms with van der Waals surface area (Å²) >= 11 is 0. The van der Waals surface area contributed by atoms with Gasteiger partial charge in [-0.05, 0) is 32.9 Å². The van der Waals surface area contributed by atoms with Gasteiger partial charge in [0.1, 0.15) is 6.04 Å². The van der Waals surface area contributed by atoms with E-state index in [0.29, 0.717) is 6.54 Å². The van der Waals surface area contributed by atoms with Crippen molar-refractivity contribution >= 4 is 12.0 Å². The molecule has 1 aliphatic heterocycles. The number of carbonyl (C=O) groups excluding carboxylic acids is 1. The summed E-state index contributed by atoms with van der Waals surface area (Å²) in [6, 6.07) is -0.883. The van der Waals surface area contributed by atoms with E-state index < -0.39 is 12.0 Å². The lowest BCUT2D eigenvalue weighted by Crippen LogP contribution is -2.53. The number of nitrogens with zero attached hydrogens (tertiary/aromatic N) is 2. The van der Waals surface area contributed by atoms with Gasteiger partial charge >= 0.3 is 12.0 Å². The lowest BCUT2D eigenvalue weighted by molar-refractivity contribution is -0.140. The van der Waals surface area contributed by atoms with E-state index in [4.69, 9.17) is 0 Å². The van der Waals surface area contributed by atoms with Gasteiger partial charge in [-0.25, -0.2) is 9.59 Å². The predicted molar refractivity (Wildman–Crippen MR) is 77.7 cm³/mol. The highest BCUT2D eigenvalue weighted by molar-refractivity contribution is 5.83. The Labute approximate surface area is 121 Å². The van der Waals surface area contributed by atoms with Crippen molar-refractivity contribution in [2.75, 3.05) is 27.2 Å². The SMILES string of the molecule is CCC(C)[C@H](NC(=O)N1CCCC1CN(C)C)C(=O)O. The molecule has 1 aliphatic rings. The zero-order valence-corrected chi connectivity index (χ0v) is 12.9. The molecular formula is C14H27N3O3. The number of carbonyl (C=O) groups is 2. The molecule has 2 amide bonds. The largest absolute Gasteiger partial charge is 0.480 e. The fourth-order valence-electron chi connectivity index (χ4n) is 2.61. The topological polar surface area (TPSA) is 72.9 Å². The van der Waals surface area contributed by atoms with Crippen LogP contribution in [0.4, 0.5) is 4.79 Å². The number of likely N-dealkylation sites (tertiary alicyclic amines) is 1. The maximum Gasteiger partial charge on any atom is 0.326 e. The predicted octanol–water partition coefficient (Wildman–Crippen LogP) is 1.22. The van der Waals surface area contributed by atoms with E-state index in [0.717, 1.165) is 25.8 Å². The van der Waals surface area contributed by atoms with Crippen molar-refractivity contribution in [2.45, 2.75) is 45.2 Å². The molecule has 1 fully saturated rings. The van der Waals surface area contributed by atoms with Gasteiger partial charge in [0.2, 0.25) is 0 Å². The maximum atomic E-state index is 12.3. The van der Waals surface area contributed by atoms with Crippen LogP contribution >= 0.6 is 0 Å².